The Kier molecular flexibility index (Phi) is 7.21. The van der Waals surface area contributed by atoms with E-state index in [1.807, 2.05) is 13.0 Å². The first-order valence-electron chi connectivity index (χ1n) is 9.89. The highest BCUT2D eigenvalue weighted by Crippen LogP contribution is 2.38. The highest BCUT2D eigenvalue weighted by atomic mass is 32.1. The maximum Gasteiger partial charge on any atom is 0.326 e. The third-order valence-corrected chi connectivity index (χ3v) is 6.10. The Morgan fingerprint density at radius 1 is 1.09 bits per heavy atom. The van der Waals surface area contributed by atoms with Crippen LogP contribution >= 0.6 is 11.3 Å². The summed E-state index contributed by atoms with van der Waals surface area (Å²) in [5, 5.41) is 12.3. The van der Waals surface area contributed by atoms with Gasteiger partial charge in [0.1, 0.15) is 11.8 Å². The van der Waals surface area contributed by atoms with Gasteiger partial charge in [-0.2, -0.15) is 0 Å². The lowest BCUT2D eigenvalue weighted by Crippen LogP contribution is -2.44. The lowest BCUT2D eigenvalue weighted by atomic mass is 10.0. The van der Waals surface area contributed by atoms with Crippen molar-refractivity contribution in [3.05, 3.63) is 64.5 Å². The van der Waals surface area contributed by atoms with E-state index in [0.29, 0.717) is 16.7 Å². The number of aryl methyl sites for hydroxylation is 1. The lowest BCUT2D eigenvalue weighted by Gasteiger charge is -2.15. The van der Waals surface area contributed by atoms with Gasteiger partial charge in [-0.3, -0.25) is 14.4 Å². The minimum atomic E-state index is -1.16. The molecule has 0 bridgehead atoms. The molecule has 4 N–H and O–H groups in total. The monoisotopic (exact) mass is 454 g/mol. The number of Topliss-reactive ketones (excluding diaryl/α,β-unsaturated/α-hetero) is 1. The second-order valence-corrected chi connectivity index (χ2v) is 8.15. The average Bonchev–Trinajstić information content (AvgIpc) is 3.16. The summed E-state index contributed by atoms with van der Waals surface area (Å²) < 4.78 is 6.36. The number of nitrogens with two attached hydrogens (primary N) is 1. The molecule has 2 amide bonds. The third kappa shape index (κ3) is 5.12. The number of amides is 2. The van der Waals surface area contributed by atoms with Gasteiger partial charge in [0, 0.05) is 21.4 Å². The molecule has 1 aromatic heterocycles. The molecule has 9 heteroatoms. The van der Waals surface area contributed by atoms with E-state index in [9.17, 15) is 24.3 Å². The van der Waals surface area contributed by atoms with Crippen molar-refractivity contribution in [1.29, 1.82) is 0 Å². The summed E-state index contributed by atoms with van der Waals surface area (Å²) in [6.07, 6.45) is 0.645. The van der Waals surface area contributed by atoms with Crippen LogP contribution in [0.1, 0.15) is 27.7 Å². The van der Waals surface area contributed by atoms with Crippen LogP contribution in [0.4, 0.5) is 0 Å². The van der Waals surface area contributed by atoms with Gasteiger partial charge < -0.3 is 20.9 Å². The van der Waals surface area contributed by atoms with Gasteiger partial charge >= 0.3 is 5.97 Å². The van der Waals surface area contributed by atoms with Crippen molar-refractivity contribution in [3.63, 3.8) is 0 Å². The Balaban J connectivity index is 1.78. The number of carboxylic acid groups (broad SMARTS) is 1. The fourth-order valence-electron chi connectivity index (χ4n) is 3.33. The molecule has 0 radical (unpaired) electrons. The van der Waals surface area contributed by atoms with E-state index in [0.717, 1.165) is 10.3 Å². The molecule has 0 aliphatic carbocycles. The van der Waals surface area contributed by atoms with Gasteiger partial charge in [-0.25, -0.2) is 4.79 Å². The number of carbonyl (C=O) groups is 4. The van der Waals surface area contributed by atoms with E-state index < -0.39 is 36.2 Å². The molecule has 166 valence electrons. The highest BCUT2D eigenvalue weighted by Gasteiger charge is 2.25. The van der Waals surface area contributed by atoms with Gasteiger partial charge in [0.2, 0.25) is 0 Å². The Morgan fingerprint density at radius 3 is 2.44 bits per heavy atom. The van der Waals surface area contributed by atoms with Gasteiger partial charge in [-0.05, 0) is 24.1 Å². The van der Waals surface area contributed by atoms with E-state index in [4.69, 9.17) is 10.5 Å². The SMILES string of the molecule is CCc1sc2cccc(OCC(=O)N[C@H](Cc3ccccc3)C(=O)O)c2c1C(=O)C(N)=O. The van der Waals surface area contributed by atoms with Crippen LogP contribution in [0.5, 0.6) is 5.75 Å². The average molecular weight is 455 g/mol. The zero-order chi connectivity index (χ0) is 23.3. The topological polar surface area (TPSA) is 136 Å². The van der Waals surface area contributed by atoms with E-state index in [1.165, 1.54) is 11.3 Å². The number of thiophene rings is 1. The molecule has 1 heterocycles. The fraction of sp³-hybridized carbons (Fsp3) is 0.217. The number of benzene rings is 2. The standard InChI is InChI=1S/C23H22N2O6S/c1-2-16-20(21(27)22(24)28)19-15(9-6-10-17(19)32-16)31-12-18(26)25-14(23(29)30)11-13-7-4-3-5-8-13/h3-10,14H,2,11-12H2,1H3,(H2,24,28)(H,25,26)(H,29,30)/t14-/m1/s1. The number of ether oxygens (including phenoxy) is 1. The number of ketones is 1. The summed E-state index contributed by atoms with van der Waals surface area (Å²) in [5.74, 6) is -3.43. The van der Waals surface area contributed by atoms with Crippen molar-refractivity contribution in [2.45, 2.75) is 25.8 Å². The molecule has 3 rings (SSSR count). The van der Waals surface area contributed by atoms with Crippen LogP contribution in [0, 0.1) is 0 Å². The summed E-state index contributed by atoms with van der Waals surface area (Å²) in [6.45, 7) is 1.40. The molecule has 3 aromatic rings. The van der Waals surface area contributed by atoms with Crippen LogP contribution in [0.2, 0.25) is 0 Å². The number of hydrogen-bond donors (Lipinski definition) is 3. The molecule has 32 heavy (non-hydrogen) atoms. The number of rotatable bonds is 10. The minimum absolute atomic E-state index is 0.124. The van der Waals surface area contributed by atoms with Crippen molar-refractivity contribution in [2.24, 2.45) is 5.73 Å². The highest BCUT2D eigenvalue weighted by molar-refractivity contribution is 7.19. The van der Waals surface area contributed by atoms with Gasteiger partial charge in [0.25, 0.3) is 17.6 Å². The number of primary amides is 1. The van der Waals surface area contributed by atoms with Crippen molar-refractivity contribution < 1.29 is 29.0 Å². The number of nitrogens with one attached hydrogen (secondary N) is 1. The number of fused-ring (bicyclic) bond motifs is 1. The third-order valence-electron chi connectivity index (χ3n) is 4.80. The van der Waals surface area contributed by atoms with E-state index in [2.05, 4.69) is 5.32 Å². The van der Waals surface area contributed by atoms with Gasteiger partial charge in [0.05, 0.1) is 5.56 Å². The largest absolute Gasteiger partial charge is 0.483 e. The maximum atomic E-state index is 12.4. The molecule has 0 fully saturated rings. The van der Waals surface area contributed by atoms with Crippen molar-refractivity contribution >= 4 is 45.0 Å². The molecule has 2 aromatic carbocycles. The van der Waals surface area contributed by atoms with Crippen molar-refractivity contribution in [3.8, 4) is 5.75 Å². The molecular formula is C23H22N2O6S. The normalized spacial score (nSPS) is 11.7. The molecule has 0 aliphatic heterocycles. The number of carboxylic acids is 1. The minimum Gasteiger partial charge on any atom is -0.483 e. The van der Waals surface area contributed by atoms with Crippen LogP contribution in [0.25, 0.3) is 10.1 Å². The number of hydrogen-bond acceptors (Lipinski definition) is 6. The zero-order valence-electron chi connectivity index (χ0n) is 17.3. The molecular weight excluding hydrogens is 432 g/mol. The second kappa shape index (κ2) is 10.1. The fourth-order valence-corrected chi connectivity index (χ4v) is 4.49. The maximum absolute atomic E-state index is 12.4. The first kappa shape index (κ1) is 23.0. The summed E-state index contributed by atoms with van der Waals surface area (Å²) in [4.78, 5) is 48.6. The zero-order valence-corrected chi connectivity index (χ0v) is 18.1. The van der Waals surface area contributed by atoms with Gasteiger partial charge in [-0.1, -0.05) is 43.3 Å². The molecule has 1 atom stereocenters. The van der Waals surface area contributed by atoms with Crippen LogP contribution in [-0.4, -0.2) is 41.3 Å². The van der Waals surface area contributed by atoms with E-state index >= 15 is 0 Å². The first-order chi connectivity index (χ1) is 15.3. The molecule has 8 nitrogen and oxygen atoms in total. The molecule has 0 unspecified atom stereocenters. The Bertz CT molecular complexity index is 1170. The predicted octanol–water partition coefficient (Wildman–Crippen LogP) is 2.32. The summed E-state index contributed by atoms with van der Waals surface area (Å²) in [6, 6.07) is 12.9. The molecule has 0 spiro atoms. The lowest BCUT2D eigenvalue weighted by molar-refractivity contribution is -0.142. The quantitative estimate of drug-likeness (QED) is 0.318. The number of aliphatic carboxylic acids is 1. The van der Waals surface area contributed by atoms with E-state index in [-0.39, 0.29) is 17.7 Å². The predicted molar refractivity (Wildman–Crippen MR) is 120 cm³/mol. The Labute approximate surface area is 188 Å². The summed E-state index contributed by atoms with van der Waals surface area (Å²) in [7, 11) is 0. The first-order valence-corrected chi connectivity index (χ1v) is 10.7. The summed E-state index contributed by atoms with van der Waals surface area (Å²) >= 11 is 1.35. The smallest absolute Gasteiger partial charge is 0.326 e. The van der Waals surface area contributed by atoms with Crippen molar-refractivity contribution in [1.82, 2.24) is 5.32 Å². The Morgan fingerprint density at radius 2 is 1.81 bits per heavy atom. The van der Waals surface area contributed by atoms with Gasteiger partial charge in [-0.15, -0.1) is 11.3 Å². The van der Waals surface area contributed by atoms with Crippen LogP contribution in [0.3, 0.4) is 0 Å². The summed E-state index contributed by atoms with van der Waals surface area (Å²) in [5.41, 5.74) is 6.17. The molecule has 0 saturated heterocycles. The molecule has 0 aliphatic rings. The van der Waals surface area contributed by atoms with Crippen LogP contribution in [-0.2, 0) is 27.2 Å². The Hall–Kier alpha value is -3.72. The van der Waals surface area contributed by atoms with Crippen molar-refractivity contribution in [2.75, 3.05) is 6.61 Å². The number of carbonyl (C=O) groups excluding carboxylic acids is 3. The molecule has 0 saturated carbocycles. The van der Waals surface area contributed by atoms with Gasteiger partial charge in [0.15, 0.2) is 6.61 Å². The van der Waals surface area contributed by atoms with Crippen LogP contribution in [0.15, 0.2) is 48.5 Å². The van der Waals surface area contributed by atoms with Crippen LogP contribution < -0.4 is 15.8 Å². The van der Waals surface area contributed by atoms with E-state index in [1.54, 1.807) is 42.5 Å². The second-order valence-electron chi connectivity index (χ2n) is 7.01.